The Balaban J connectivity index is 2.93. The zero-order chi connectivity index (χ0) is 8.27. The van der Waals surface area contributed by atoms with Crippen LogP contribution in [0.15, 0.2) is 16.9 Å². The van der Waals surface area contributed by atoms with Gasteiger partial charge in [0.05, 0.1) is 11.9 Å². The van der Waals surface area contributed by atoms with Crippen LogP contribution in [0.25, 0.3) is 0 Å². The molecule has 3 heteroatoms. The van der Waals surface area contributed by atoms with Crippen molar-refractivity contribution in [1.82, 2.24) is 4.98 Å². The molecule has 1 aromatic heterocycles. The van der Waals surface area contributed by atoms with Crippen LogP contribution in [0.2, 0.25) is 0 Å². The van der Waals surface area contributed by atoms with Crippen LogP contribution in [-0.4, -0.2) is 4.98 Å². The molecule has 11 heavy (non-hydrogen) atoms. The number of aromatic nitrogens is 1. The van der Waals surface area contributed by atoms with Crippen LogP contribution in [0.1, 0.15) is 18.9 Å². The second kappa shape index (κ2) is 3.72. The van der Waals surface area contributed by atoms with Crippen LogP contribution in [0.4, 0.5) is 5.69 Å². The highest BCUT2D eigenvalue weighted by Crippen LogP contribution is 2.17. The Kier molecular flexibility index (Phi) is 2.88. The number of pyridine rings is 1. The Hall–Kier alpha value is -0.570. The predicted molar refractivity (Wildman–Crippen MR) is 50.3 cm³/mol. The molecule has 1 rings (SSSR count). The molecule has 0 amide bonds. The minimum absolute atomic E-state index is 0.733. The van der Waals surface area contributed by atoms with Crippen LogP contribution < -0.4 is 5.73 Å². The molecule has 0 aromatic carbocycles. The monoisotopic (exact) mass is 214 g/mol. The highest BCUT2D eigenvalue weighted by atomic mass is 79.9. The molecule has 60 valence electrons. The second-order valence-corrected chi connectivity index (χ2v) is 3.22. The fourth-order valence-corrected chi connectivity index (χ4v) is 1.37. The summed E-state index contributed by atoms with van der Waals surface area (Å²) in [7, 11) is 0. The Labute approximate surface area is 75.0 Å². The summed E-state index contributed by atoms with van der Waals surface area (Å²) in [6.07, 6.45) is 3.80. The van der Waals surface area contributed by atoms with E-state index in [9.17, 15) is 0 Å². The number of anilines is 1. The van der Waals surface area contributed by atoms with Gasteiger partial charge in [-0.2, -0.15) is 0 Å². The topological polar surface area (TPSA) is 38.9 Å². The Morgan fingerprint density at radius 1 is 1.64 bits per heavy atom. The maximum absolute atomic E-state index is 5.57. The standard InChI is InChI=1S/C8H11BrN2/c1-2-3-6-4-7(10)5-11-8(6)9/h4-5H,2-3,10H2,1H3. The maximum atomic E-state index is 5.57. The molecule has 2 nitrogen and oxygen atoms in total. The number of aryl methyl sites for hydroxylation is 1. The van der Waals surface area contributed by atoms with Gasteiger partial charge >= 0.3 is 0 Å². The molecule has 2 N–H and O–H groups in total. The normalized spacial score (nSPS) is 10.0. The van der Waals surface area contributed by atoms with Gasteiger partial charge in [0, 0.05) is 0 Å². The largest absolute Gasteiger partial charge is 0.397 e. The van der Waals surface area contributed by atoms with Crippen molar-refractivity contribution in [2.45, 2.75) is 19.8 Å². The number of halogens is 1. The molecule has 0 radical (unpaired) electrons. The number of rotatable bonds is 2. The van der Waals surface area contributed by atoms with Gasteiger partial charge in [0.2, 0.25) is 0 Å². The van der Waals surface area contributed by atoms with E-state index in [2.05, 4.69) is 27.8 Å². The number of nitrogens with zero attached hydrogens (tertiary/aromatic N) is 1. The number of hydrogen-bond donors (Lipinski definition) is 1. The number of nitrogens with two attached hydrogens (primary N) is 1. The lowest BCUT2D eigenvalue weighted by Gasteiger charge is -2.01. The molecular formula is C8H11BrN2. The van der Waals surface area contributed by atoms with E-state index in [1.165, 1.54) is 5.56 Å². The van der Waals surface area contributed by atoms with Crippen molar-refractivity contribution in [3.05, 3.63) is 22.4 Å². The molecule has 0 saturated heterocycles. The Morgan fingerprint density at radius 2 is 2.36 bits per heavy atom. The summed E-state index contributed by atoms with van der Waals surface area (Å²) in [5, 5.41) is 0. The average molecular weight is 215 g/mol. The minimum atomic E-state index is 0.733. The molecule has 0 aliphatic heterocycles. The van der Waals surface area contributed by atoms with Crippen molar-refractivity contribution in [2.75, 3.05) is 5.73 Å². The van der Waals surface area contributed by atoms with Crippen molar-refractivity contribution >= 4 is 21.6 Å². The van der Waals surface area contributed by atoms with Gasteiger partial charge in [-0.15, -0.1) is 0 Å². The van der Waals surface area contributed by atoms with E-state index < -0.39 is 0 Å². The van der Waals surface area contributed by atoms with Gasteiger partial charge in [0.1, 0.15) is 4.60 Å². The smallest absolute Gasteiger partial charge is 0.109 e. The lowest BCUT2D eigenvalue weighted by molar-refractivity contribution is 0.906. The predicted octanol–water partition coefficient (Wildman–Crippen LogP) is 2.38. The van der Waals surface area contributed by atoms with Crippen LogP contribution >= 0.6 is 15.9 Å². The van der Waals surface area contributed by atoms with Crippen molar-refractivity contribution in [1.29, 1.82) is 0 Å². The van der Waals surface area contributed by atoms with Crippen LogP contribution in [0, 0.1) is 0 Å². The first-order valence-electron chi connectivity index (χ1n) is 3.64. The van der Waals surface area contributed by atoms with E-state index in [1.54, 1.807) is 6.20 Å². The number of nitrogen functional groups attached to an aromatic ring is 1. The summed E-state index contributed by atoms with van der Waals surface area (Å²) >= 11 is 3.36. The van der Waals surface area contributed by atoms with Crippen LogP contribution in [0.3, 0.4) is 0 Å². The van der Waals surface area contributed by atoms with Crippen molar-refractivity contribution in [3.8, 4) is 0 Å². The van der Waals surface area contributed by atoms with Crippen molar-refractivity contribution in [2.24, 2.45) is 0 Å². The number of hydrogen-bond acceptors (Lipinski definition) is 2. The Morgan fingerprint density at radius 3 is 3.00 bits per heavy atom. The first kappa shape index (κ1) is 8.53. The summed E-state index contributed by atoms with van der Waals surface area (Å²) < 4.78 is 0.911. The lowest BCUT2D eigenvalue weighted by atomic mass is 10.2. The molecule has 0 unspecified atom stereocenters. The zero-order valence-corrected chi connectivity index (χ0v) is 8.06. The summed E-state index contributed by atoms with van der Waals surface area (Å²) in [5.74, 6) is 0. The second-order valence-electron chi connectivity index (χ2n) is 2.47. The molecule has 0 fully saturated rings. The van der Waals surface area contributed by atoms with Crippen molar-refractivity contribution < 1.29 is 0 Å². The minimum Gasteiger partial charge on any atom is -0.397 e. The van der Waals surface area contributed by atoms with Gasteiger partial charge in [0.15, 0.2) is 0 Å². The third kappa shape index (κ3) is 2.19. The zero-order valence-electron chi connectivity index (χ0n) is 6.47. The van der Waals surface area contributed by atoms with E-state index in [1.807, 2.05) is 6.07 Å². The molecule has 0 aliphatic rings. The lowest BCUT2D eigenvalue weighted by Crippen LogP contribution is -1.92. The molecule has 0 spiro atoms. The Bertz CT molecular complexity index is 248. The van der Waals surface area contributed by atoms with Gasteiger partial charge in [-0.05, 0) is 34.0 Å². The van der Waals surface area contributed by atoms with E-state index >= 15 is 0 Å². The van der Waals surface area contributed by atoms with Gasteiger partial charge in [0.25, 0.3) is 0 Å². The quantitative estimate of drug-likeness (QED) is 0.769. The molecule has 0 saturated carbocycles. The highest BCUT2D eigenvalue weighted by molar-refractivity contribution is 9.10. The fourth-order valence-electron chi connectivity index (χ4n) is 0.957. The first-order chi connectivity index (χ1) is 5.24. The molecular weight excluding hydrogens is 204 g/mol. The average Bonchev–Trinajstić information content (AvgIpc) is 1.98. The summed E-state index contributed by atoms with van der Waals surface area (Å²) in [5.41, 5.74) is 7.49. The van der Waals surface area contributed by atoms with E-state index in [4.69, 9.17) is 5.73 Å². The van der Waals surface area contributed by atoms with E-state index in [-0.39, 0.29) is 0 Å². The van der Waals surface area contributed by atoms with Gasteiger partial charge in [-0.3, -0.25) is 0 Å². The summed E-state index contributed by atoms with van der Waals surface area (Å²) in [6, 6.07) is 1.96. The van der Waals surface area contributed by atoms with Gasteiger partial charge in [-0.1, -0.05) is 13.3 Å². The summed E-state index contributed by atoms with van der Waals surface area (Å²) in [4.78, 5) is 4.09. The third-order valence-electron chi connectivity index (χ3n) is 1.45. The van der Waals surface area contributed by atoms with Crippen LogP contribution in [-0.2, 0) is 6.42 Å². The van der Waals surface area contributed by atoms with Crippen molar-refractivity contribution in [3.63, 3.8) is 0 Å². The third-order valence-corrected chi connectivity index (χ3v) is 2.17. The fraction of sp³-hybridized carbons (Fsp3) is 0.375. The van der Waals surface area contributed by atoms with E-state index in [0.29, 0.717) is 0 Å². The van der Waals surface area contributed by atoms with Gasteiger partial charge < -0.3 is 5.73 Å². The molecule has 1 aromatic rings. The maximum Gasteiger partial charge on any atom is 0.109 e. The molecule has 0 atom stereocenters. The summed E-state index contributed by atoms with van der Waals surface area (Å²) in [6.45, 7) is 2.13. The highest BCUT2D eigenvalue weighted by Gasteiger charge is 1.99. The molecule has 0 bridgehead atoms. The SMILES string of the molecule is CCCc1cc(N)cnc1Br. The van der Waals surface area contributed by atoms with Crippen LogP contribution in [0.5, 0.6) is 0 Å². The molecule has 1 heterocycles. The first-order valence-corrected chi connectivity index (χ1v) is 4.43. The van der Waals surface area contributed by atoms with E-state index in [0.717, 1.165) is 23.1 Å². The molecule has 0 aliphatic carbocycles. The van der Waals surface area contributed by atoms with Gasteiger partial charge in [-0.25, -0.2) is 4.98 Å².